The number of aliphatic hydroxyl groups excluding tert-OH is 1. The molecule has 3 nitrogen and oxygen atoms in total. The average Bonchev–Trinajstić information content (AvgIpc) is 2.06. The molecular formula is C10H13ClO3S. The molecule has 5 heteroatoms. The van der Waals surface area contributed by atoms with Crippen molar-refractivity contribution in [1.82, 2.24) is 0 Å². The van der Waals surface area contributed by atoms with Gasteiger partial charge in [0.2, 0.25) is 5.62 Å². The molecule has 84 valence electrons. The molecule has 1 rings (SSSR count). The molecule has 0 unspecified atom stereocenters. The van der Waals surface area contributed by atoms with Gasteiger partial charge in [0.25, 0.3) is 0 Å². The minimum atomic E-state index is -1.51. The third-order valence-electron chi connectivity index (χ3n) is 1.87. The van der Waals surface area contributed by atoms with Gasteiger partial charge in [0, 0.05) is 4.90 Å². The van der Waals surface area contributed by atoms with Gasteiger partial charge in [-0.3, -0.25) is 0 Å². The topological polar surface area (TPSA) is 60.7 Å². The Kier molecular flexibility index (Phi) is 4.03. The molecule has 0 heterocycles. The van der Waals surface area contributed by atoms with E-state index in [-0.39, 0.29) is 0 Å². The number of benzene rings is 1. The summed E-state index contributed by atoms with van der Waals surface area (Å²) in [5.74, 6) is 0. The second-order valence-corrected chi connectivity index (χ2v) is 5.15. The van der Waals surface area contributed by atoms with Gasteiger partial charge in [-0.15, -0.1) is 0 Å². The molecule has 0 aromatic heterocycles. The molecule has 0 amide bonds. The Morgan fingerprint density at radius 2 is 1.93 bits per heavy atom. The van der Waals surface area contributed by atoms with Gasteiger partial charge in [0.15, 0.2) is 0 Å². The second kappa shape index (κ2) is 4.72. The van der Waals surface area contributed by atoms with E-state index in [0.29, 0.717) is 15.5 Å². The van der Waals surface area contributed by atoms with Gasteiger partial charge in [-0.2, -0.15) is 0 Å². The van der Waals surface area contributed by atoms with E-state index >= 15 is 0 Å². The van der Waals surface area contributed by atoms with Crippen LogP contribution in [0.4, 0.5) is 0 Å². The van der Waals surface area contributed by atoms with Crippen molar-refractivity contribution < 1.29 is 15.3 Å². The van der Waals surface area contributed by atoms with E-state index in [1.807, 2.05) is 0 Å². The lowest BCUT2D eigenvalue weighted by Gasteiger charge is -2.19. The maximum atomic E-state index is 9.76. The molecule has 0 bridgehead atoms. The number of aliphatic hydroxyl groups is 3. The first-order valence-corrected chi connectivity index (χ1v) is 5.61. The number of rotatable bonds is 3. The molecule has 3 N–H and O–H groups in total. The third-order valence-corrected chi connectivity index (χ3v) is 3.11. The molecule has 0 fully saturated rings. The molecule has 0 spiro atoms. The van der Waals surface area contributed by atoms with Crippen LogP contribution in [0.25, 0.3) is 0 Å². The van der Waals surface area contributed by atoms with E-state index in [1.54, 1.807) is 32.0 Å². The smallest absolute Gasteiger partial charge is 0.206 e. The SMILES string of the molecule is CC(C)(O)c1ccc(Cl)c(SC(O)O)c1. The minimum absolute atomic E-state index is 0.432. The van der Waals surface area contributed by atoms with E-state index in [0.717, 1.165) is 11.8 Å². The summed E-state index contributed by atoms with van der Waals surface area (Å²) in [6.45, 7) is 3.31. The standard InChI is InChI=1S/C10H13ClO3S/c1-10(2,14)6-3-4-7(11)8(5-6)15-9(12)13/h3-5,9,12-14H,1-2H3. The molecule has 0 aliphatic carbocycles. The van der Waals surface area contributed by atoms with Crippen LogP contribution in [0.1, 0.15) is 19.4 Å². The predicted octanol–water partition coefficient (Wildman–Crippen LogP) is 1.93. The predicted molar refractivity (Wildman–Crippen MR) is 60.8 cm³/mol. The molecule has 0 aliphatic heterocycles. The fraction of sp³-hybridized carbons (Fsp3) is 0.400. The summed E-state index contributed by atoms with van der Waals surface area (Å²) in [6.07, 6.45) is 0. The minimum Gasteiger partial charge on any atom is -0.386 e. The molecule has 0 saturated carbocycles. The van der Waals surface area contributed by atoms with E-state index < -0.39 is 11.2 Å². The van der Waals surface area contributed by atoms with Crippen LogP contribution in [-0.2, 0) is 5.60 Å². The molecule has 0 radical (unpaired) electrons. The zero-order valence-corrected chi connectivity index (χ0v) is 10.0. The molecule has 1 aromatic rings. The van der Waals surface area contributed by atoms with Crippen LogP contribution in [0.5, 0.6) is 0 Å². The largest absolute Gasteiger partial charge is 0.386 e. The lowest BCUT2D eigenvalue weighted by molar-refractivity contribution is 0.0404. The highest BCUT2D eigenvalue weighted by atomic mass is 35.5. The summed E-state index contributed by atoms with van der Waals surface area (Å²) in [4.78, 5) is 0.534. The maximum absolute atomic E-state index is 9.76. The molecular weight excluding hydrogens is 236 g/mol. The number of thioether (sulfide) groups is 1. The van der Waals surface area contributed by atoms with Crippen molar-refractivity contribution in [1.29, 1.82) is 0 Å². The van der Waals surface area contributed by atoms with Crippen molar-refractivity contribution in [3.8, 4) is 0 Å². The van der Waals surface area contributed by atoms with Crippen LogP contribution in [0, 0.1) is 0 Å². The van der Waals surface area contributed by atoms with Gasteiger partial charge >= 0.3 is 0 Å². The normalized spacial score (nSPS) is 12.2. The van der Waals surface area contributed by atoms with Gasteiger partial charge in [-0.05, 0) is 31.5 Å². The first kappa shape index (κ1) is 12.8. The van der Waals surface area contributed by atoms with Crippen molar-refractivity contribution in [2.75, 3.05) is 0 Å². The highest BCUT2D eigenvalue weighted by Crippen LogP contribution is 2.32. The molecule has 15 heavy (non-hydrogen) atoms. The van der Waals surface area contributed by atoms with Gasteiger partial charge in [0.05, 0.1) is 10.6 Å². The first-order chi connectivity index (χ1) is 6.80. The molecule has 0 atom stereocenters. The van der Waals surface area contributed by atoms with Gasteiger partial charge < -0.3 is 15.3 Å². The highest BCUT2D eigenvalue weighted by molar-refractivity contribution is 7.99. The van der Waals surface area contributed by atoms with Crippen molar-refractivity contribution in [3.63, 3.8) is 0 Å². The van der Waals surface area contributed by atoms with Crippen molar-refractivity contribution in [2.45, 2.75) is 30.0 Å². The zero-order chi connectivity index (χ0) is 11.6. The number of hydrogen-bond donors (Lipinski definition) is 3. The lowest BCUT2D eigenvalue weighted by atomic mass is 9.99. The first-order valence-electron chi connectivity index (χ1n) is 4.36. The summed E-state index contributed by atoms with van der Waals surface area (Å²) >= 11 is 6.69. The van der Waals surface area contributed by atoms with Crippen LogP contribution in [0.15, 0.2) is 23.1 Å². The quantitative estimate of drug-likeness (QED) is 0.565. The van der Waals surface area contributed by atoms with E-state index in [9.17, 15) is 5.11 Å². The Labute approximate surface area is 97.7 Å². The fourth-order valence-corrected chi connectivity index (χ4v) is 1.94. The van der Waals surface area contributed by atoms with Crippen LogP contribution < -0.4 is 0 Å². The molecule has 0 aliphatic rings. The second-order valence-electron chi connectivity index (χ2n) is 3.65. The summed E-state index contributed by atoms with van der Waals surface area (Å²) in [5, 5.41) is 27.8. The lowest BCUT2D eigenvalue weighted by Crippen LogP contribution is -2.15. The Morgan fingerprint density at radius 1 is 1.33 bits per heavy atom. The van der Waals surface area contributed by atoms with Crippen LogP contribution in [-0.4, -0.2) is 20.9 Å². The summed E-state index contributed by atoms with van der Waals surface area (Å²) in [5.41, 5.74) is -1.81. The maximum Gasteiger partial charge on any atom is 0.206 e. The van der Waals surface area contributed by atoms with Gasteiger partial charge in [-0.1, -0.05) is 29.4 Å². The highest BCUT2D eigenvalue weighted by Gasteiger charge is 2.18. The van der Waals surface area contributed by atoms with E-state index in [4.69, 9.17) is 21.8 Å². The Hall–Kier alpha value is -0.260. The number of halogens is 1. The zero-order valence-electron chi connectivity index (χ0n) is 8.44. The Balaban J connectivity index is 3.06. The monoisotopic (exact) mass is 248 g/mol. The van der Waals surface area contributed by atoms with Crippen molar-refractivity contribution in [2.24, 2.45) is 0 Å². The van der Waals surface area contributed by atoms with Gasteiger partial charge in [-0.25, -0.2) is 0 Å². The van der Waals surface area contributed by atoms with E-state index in [2.05, 4.69) is 0 Å². The van der Waals surface area contributed by atoms with Crippen molar-refractivity contribution >= 4 is 23.4 Å². The Morgan fingerprint density at radius 3 is 2.40 bits per heavy atom. The third kappa shape index (κ3) is 3.66. The number of hydrogen-bond acceptors (Lipinski definition) is 4. The van der Waals surface area contributed by atoms with E-state index in [1.165, 1.54) is 0 Å². The summed E-state index contributed by atoms with van der Waals surface area (Å²) < 4.78 is 0. The molecule has 0 saturated heterocycles. The summed E-state index contributed by atoms with van der Waals surface area (Å²) in [6, 6.07) is 4.97. The van der Waals surface area contributed by atoms with Crippen LogP contribution in [0.3, 0.4) is 0 Å². The van der Waals surface area contributed by atoms with Crippen LogP contribution in [0.2, 0.25) is 5.02 Å². The van der Waals surface area contributed by atoms with Gasteiger partial charge in [0.1, 0.15) is 0 Å². The Bertz CT molecular complexity index is 347. The average molecular weight is 249 g/mol. The van der Waals surface area contributed by atoms with Crippen LogP contribution >= 0.6 is 23.4 Å². The molecule has 1 aromatic carbocycles. The fourth-order valence-electron chi connectivity index (χ4n) is 1.09. The summed E-state index contributed by atoms with van der Waals surface area (Å²) in [7, 11) is 0. The van der Waals surface area contributed by atoms with Crippen molar-refractivity contribution in [3.05, 3.63) is 28.8 Å².